The second-order valence-electron chi connectivity index (χ2n) is 4.25. The van der Waals surface area contributed by atoms with Gasteiger partial charge in [-0.25, -0.2) is 0 Å². The summed E-state index contributed by atoms with van der Waals surface area (Å²) in [5, 5.41) is 10.6. The first-order chi connectivity index (χ1) is 8.45. The minimum atomic E-state index is 0.0642. The van der Waals surface area contributed by atoms with Gasteiger partial charge >= 0.3 is 0 Å². The zero-order valence-corrected chi connectivity index (χ0v) is 13.7. The van der Waals surface area contributed by atoms with Gasteiger partial charge in [0, 0.05) is 25.8 Å². The molecular weight excluding hydrogens is 362 g/mol. The molecule has 0 saturated carbocycles. The third kappa shape index (κ3) is 4.28. The highest BCUT2D eigenvalue weighted by atomic mass is 79.9. The fourth-order valence-electron chi connectivity index (χ4n) is 1.56. The number of rotatable bonds is 4. The molecule has 3 nitrogen and oxygen atoms in total. The molecule has 0 fully saturated rings. The van der Waals surface area contributed by atoms with E-state index in [1.807, 2.05) is 6.08 Å². The molecule has 0 bridgehead atoms. The van der Waals surface area contributed by atoms with E-state index in [2.05, 4.69) is 37.9 Å². The fraction of sp³-hybridized carbons (Fsp3) is 0.462. The van der Waals surface area contributed by atoms with Crippen LogP contribution in [-0.2, 0) is 4.79 Å². The second-order valence-corrected chi connectivity index (χ2v) is 5.67. The summed E-state index contributed by atoms with van der Waals surface area (Å²) >= 11 is 6.74. The highest BCUT2D eigenvalue weighted by molar-refractivity contribution is 9.12. The van der Waals surface area contributed by atoms with E-state index in [0.717, 1.165) is 24.0 Å². The van der Waals surface area contributed by atoms with Gasteiger partial charge in [-0.1, -0.05) is 22.0 Å². The average molecular weight is 379 g/mol. The Kier molecular flexibility index (Phi) is 6.15. The van der Waals surface area contributed by atoms with Crippen LogP contribution in [0.1, 0.15) is 19.8 Å². The molecule has 1 amide bonds. The maximum absolute atomic E-state index is 11.1. The first-order valence-corrected chi connectivity index (χ1v) is 7.62. The van der Waals surface area contributed by atoms with Gasteiger partial charge in [0.2, 0.25) is 5.91 Å². The van der Waals surface area contributed by atoms with Crippen molar-refractivity contribution < 1.29 is 9.90 Å². The number of hydrogen-bond donors (Lipinski definition) is 1. The Labute approximate surface area is 124 Å². The topological polar surface area (TPSA) is 40.5 Å². The molecule has 0 radical (unpaired) electrons. The lowest BCUT2D eigenvalue weighted by molar-refractivity contribution is -0.127. The van der Waals surface area contributed by atoms with Crippen molar-refractivity contribution in [2.24, 2.45) is 0 Å². The highest BCUT2D eigenvalue weighted by Gasteiger charge is 2.12. The van der Waals surface area contributed by atoms with Gasteiger partial charge in [0.1, 0.15) is 5.76 Å². The Balaban J connectivity index is 2.71. The quantitative estimate of drug-likeness (QED) is 0.758. The molecule has 0 atom stereocenters. The summed E-state index contributed by atoms with van der Waals surface area (Å²) in [6.45, 7) is 2.24. The third-order valence-corrected chi connectivity index (χ3v) is 4.20. The Morgan fingerprint density at radius 3 is 2.78 bits per heavy atom. The van der Waals surface area contributed by atoms with Gasteiger partial charge in [0.05, 0.1) is 4.48 Å². The van der Waals surface area contributed by atoms with Crippen molar-refractivity contribution in [3.63, 3.8) is 0 Å². The monoisotopic (exact) mass is 377 g/mol. The van der Waals surface area contributed by atoms with Crippen LogP contribution < -0.4 is 0 Å². The number of amides is 1. The van der Waals surface area contributed by atoms with Gasteiger partial charge in [0.15, 0.2) is 0 Å². The van der Waals surface area contributed by atoms with Crippen LogP contribution in [0.4, 0.5) is 0 Å². The van der Waals surface area contributed by atoms with Crippen LogP contribution in [0.5, 0.6) is 0 Å². The minimum Gasteiger partial charge on any atom is -0.507 e. The molecule has 0 aromatic heterocycles. The number of halogens is 2. The molecule has 0 aliphatic heterocycles. The average Bonchev–Trinajstić information content (AvgIpc) is 2.47. The van der Waals surface area contributed by atoms with Crippen molar-refractivity contribution in [3.05, 3.63) is 33.5 Å². The second kappa shape index (κ2) is 7.14. The predicted octanol–water partition coefficient (Wildman–Crippen LogP) is 3.67. The van der Waals surface area contributed by atoms with E-state index in [9.17, 15) is 9.90 Å². The van der Waals surface area contributed by atoms with Crippen molar-refractivity contribution >= 4 is 37.8 Å². The molecule has 5 heteroatoms. The molecule has 0 heterocycles. The molecule has 1 N–H and O–H groups in total. The van der Waals surface area contributed by atoms with Crippen LogP contribution in [0.15, 0.2) is 33.5 Å². The summed E-state index contributed by atoms with van der Waals surface area (Å²) in [5.41, 5.74) is 2.07. The normalized spacial score (nSPS) is 16.0. The molecule has 1 rings (SSSR count). The van der Waals surface area contributed by atoms with E-state index in [0.29, 0.717) is 22.1 Å². The van der Waals surface area contributed by atoms with E-state index in [4.69, 9.17) is 0 Å². The van der Waals surface area contributed by atoms with E-state index < -0.39 is 0 Å². The van der Waals surface area contributed by atoms with E-state index in [-0.39, 0.29) is 5.91 Å². The number of nitrogens with zero attached hydrogens (tertiary/aromatic N) is 1. The van der Waals surface area contributed by atoms with Crippen LogP contribution in [0, 0.1) is 0 Å². The lowest BCUT2D eigenvalue weighted by atomic mass is 10.1. The van der Waals surface area contributed by atoms with E-state index in [1.54, 1.807) is 18.9 Å². The van der Waals surface area contributed by atoms with Crippen LogP contribution in [0.3, 0.4) is 0 Å². The maximum atomic E-state index is 11.1. The highest BCUT2D eigenvalue weighted by Crippen LogP contribution is 2.28. The predicted molar refractivity (Wildman–Crippen MR) is 81.1 cm³/mol. The maximum Gasteiger partial charge on any atom is 0.219 e. The molecule has 1 aliphatic rings. The Hall–Kier alpha value is -0.550. The number of aliphatic hydroxyl groups is 1. The summed E-state index contributed by atoms with van der Waals surface area (Å²) in [6.07, 6.45) is 5.52. The summed E-state index contributed by atoms with van der Waals surface area (Å²) in [4.78, 5) is 12.8. The van der Waals surface area contributed by atoms with Crippen LogP contribution in [0.2, 0.25) is 0 Å². The van der Waals surface area contributed by atoms with Crippen molar-refractivity contribution in [2.75, 3.05) is 18.9 Å². The summed E-state index contributed by atoms with van der Waals surface area (Å²) < 4.78 is 0.700. The minimum absolute atomic E-state index is 0.0642. The number of carbonyl (C=O) groups is 1. The van der Waals surface area contributed by atoms with Gasteiger partial charge in [0.25, 0.3) is 0 Å². The Morgan fingerprint density at radius 2 is 2.22 bits per heavy atom. The summed E-state index contributed by atoms with van der Waals surface area (Å²) in [7, 11) is 1.79. The van der Waals surface area contributed by atoms with Gasteiger partial charge in [-0.15, -0.1) is 0 Å². The number of aliphatic hydroxyl groups excluding tert-OH is 1. The lowest BCUT2D eigenvalue weighted by Gasteiger charge is -2.14. The molecule has 0 aromatic rings. The van der Waals surface area contributed by atoms with Gasteiger partial charge in [-0.3, -0.25) is 4.79 Å². The smallest absolute Gasteiger partial charge is 0.219 e. The van der Waals surface area contributed by atoms with Gasteiger partial charge in [-0.2, -0.15) is 0 Å². The van der Waals surface area contributed by atoms with E-state index >= 15 is 0 Å². The lowest BCUT2D eigenvalue weighted by Crippen LogP contribution is -2.24. The number of alkyl halides is 1. The van der Waals surface area contributed by atoms with Crippen molar-refractivity contribution in [1.82, 2.24) is 4.90 Å². The zero-order valence-electron chi connectivity index (χ0n) is 10.5. The largest absolute Gasteiger partial charge is 0.507 e. The molecule has 0 saturated heterocycles. The summed E-state index contributed by atoms with van der Waals surface area (Å²) in [5.74, 6) is 0.368. The third-order valence-electron chi connectivity index (χ3n) is 2.92. The standard InChI is InChI=1S/C13H17Br2NO2/c1-9(17)16(2)6-5-10-3-4-11(8-14)13(18)12(15)7-10/h3,7,18H,4-6,8H2,1-2H3. The first kappa shape index (κ1) is 15.5. The number of hydrogen-bond acceptors (Lipinski definition) is 2. The molecular formula is C13H17Br2NO2. The van der Waals surface area contributed by atoms with Crippen molar-refractivity contribution in [1.29, 1.82) is 0 Å². The van der Waals surface area contributed by atoms with Crippen LogP contribution in [-0.4, -0.2) is 34.8 Å². The van der Waals surface area contributed by atoms with Crippen LogP contribution >= 0.6 is 31.9 Å². The molecule has 0 spiro atoms. The number of allylic oxidation sites excluding steroid dienone is 4. The van der Waals surface area contributed by atoms with Crippen LogP contribution in [0.25, 0.3) is 0 Å². The molecule has 18 heavy (non-hydrogen) atoms. The SMILES string of the molecule is CC(=O)N(C)CCC1=CCC(CBr)=C(O)C(Br)=C1. The number of carbonyl (C=O) groups excluding carboxylic acids is 1. The molecule has 0 aromatic carbocycles. The first-order valence-electron chi connectivity index (χ1n) is 5.71. The van der Waals surface area contributed by atoms with Gasteiger partial charge in [-0.05, 0) is 46.0 Å². The van der Waals surface area contributed by atoms with Crippen molar-refractivity contribution in [2.45, 2.75) is 19.8 Å². The summed E-state index contributed by atoms with van der Waals surface area (Å²) in [6, 6.07) is 0. The van der Waals surface area contributed by atoms with Gasteiger partial charge < -0.3 is 10.0 Å². The fourth-order valence-corrected chi connectivity index (χ4v) is 2.63. The molecule has 0 unspecified atom stereocenters. The molecule has 100 valence electrons. The Bertz CT molecular complexity index is 425. The van der Waals surface area contributed by atoms with E-state index in [1.165, 1.54) is 0 Å². The Morgan fingerprint density at radius 1 is 1.56 bits per heavy atom. The zero-order chi connectivity index (χ0) is 13.7. The molecule has 1 aliphatic carbocycles. The van der Waals surface area contributed by atoms with Crippen molar-refractivity contribution in [3.8, 4) is 0 Å².